The van der Waals surface area contributed by atoms with Crippen molar-refractivity contribution in [3.8, 4) is 0 Å². The van der Waals surface area contributed by atoms with Crippen LogP contribution in [0.25, 0.3) is 6.08 Å². The second kappa shape index (κ2) is 9.19. The molecule has 2 amide bonds. The maximum atomic E-state index is 12.3. The molecule has 0 aliphatic carbocycles. The van der Waals surface area contributed by atoms with Gasteiger partial charge in [-0.2, -0.15) is 0 Å². The fourth-order valence-corrected chi connectivity index (χ4v) is 2.59. The summed E-state index contributed by atoms with van der Waals surface area (Å²) >= 11 is 0. The molecule has 0 saturated carbocycles. The first-order chi connectivity index (χ1) is 13.6. The summed E-state index contributed by atoms with van der Waals surface area (Å²) in [6.07, 6.45) is 3.75. The number of carbonyl (C=O) groups is 2. The van der Waals surface area contributed by atoms with Crippen molar-refractivity contribution in [2.24, 2.45) is 0 Å². The molecular formula is C23H21N3O2. The summed E-state index contributed by atoms with van der Waals surface area (Å²) in [5, 5.41) is 5.63. The number of nitrogens with one attached hydrogen (secondary N) is 2. The highest BCUT2D eigenvalue weighted by Gasteiger charge is 2.07. The van der Waals surface area contributed by atoms with Crippen molar-refractivity contribution in [3.05, 3.63) is 102 Å². The maximum absolute atomic E-state index is 12.3. The molecule has 0 spiro atoms. The van der Waals surface area contributed by atoms with E-state index in [0.29, 0.717) is 29.0 Å². The van der Waals surface area contributed by atoms with Crippen LogP contribution in [-0.2, 0) is 0 Å². The number of rotatable bonds is 6. The van der Waals surface area contributed by atoms with Crippen LogP contribution in [0.15, 0.2) is 84.9 Å². The van der Waals surface area contributed by atoms with E-state index in [9.17, 15) is 9.59 Å². The van der Waals surface area contributed by atoms with E-state index in [1.54, 1.807) is 36.4 Å². The largest absolute Gasteiger partial charge is 0.397 e. The van der Waals surface area contributed by atoms with E-state index in [1.807, 2.05) is 54.6 Å². The van der Waals surface area contributed by atoms with E-state index in [2.05, 4.69) is 10.6 Å². The lowest BCUT2D eigenvalue weighted by Crippen LogP contribution is -2.23. The maximum Gasteiger partial charge on any atom is 0.255 e. The molecule has 5 heteroatoms. The van der Waals surface area contributed by atoms with E-state index < -0.39 is 0 Å². The molecule has 0 unspecified atom stereocenters. The van der Waals surface area contributed by atoms with Crippen molar-refractivity contribution in [2.75, 3.05) is 17.6 Å². The van der Waals surface area contributed by atoms with E-state index >= 15 is 0 Å². The first-order valence-corrected chi connectivity index (χ1v) is 8.89. The van der Waals surface area contributed by atoms with E-state index in [0.717, 1.165) is 5.56 Å². The minimum atomic E-state index is -0.219. The Kier molecular flexibility index (Phi) is 6.21. The Bertz CT molecular complexity index is 980. The highest BCUT2D eigenvalue weighted by Crippen LogP contribution is 2.18. The number of carbonyl (C=O) groups excluding carboxylic acids is 2. The number of nitrogen functional groups attached to an aromatic ring is 1. The van der Waals surface area contributed by atoms with Crippen molar-refractivity contribution < 1.29 is 9.59 Å². The molecule has 0 aliphatic heterocycles. The average molecular weight is 371 g/mol. The van der Waals surface area contributed by atoms with Gasteiger partial charge in [-0.05, 0) is 42.0 Å². The van der Waals surface area contributed by atoms with Gasteiger partial charge in [-0.25, -0.2) is 0 Å². The highest BCUT2D eigenvalue weighted by molar-refractivity contribution is 6.05. The number of amides is 2. The predicted molar refractivity (Wildman–Crippen MR) is 113 cm³/mol. The van der Waals surface area contributed by atoms with Crippen LogP contribution in [0.3, 0.4) is 0 Å². The van der Waals surface area contributed by atoms with Gasteiger partial charge in [0.15, 0.2) is 0 Å². The number of hydrogen-bond donors (Lipinski definition) is 3. The van der Waals surface area contributed by atoms with Gasteiger partial charge in [0.1, 0.15) is 0 Å². The van der Waals surface area contributed by atoms with Gasteiger partial charge in [-0.3, -0.25) is 9.59 Å². The molecule has 0 fully saturated rings. The van der Waals surface area contributed by atoms with Gasteiger partial charge in [0.25, 0.3) is 11.8 Å². The fourth-order valence-electron chi connectivity index (χ4n) is 2.59. The zero-order valence-corrected chi connectivity index (χ0v) is 15.3. The molecule has 0 bridgehead atoms. The first kappa shape index (κ1) is 18.9. The van der Waals surface area contributed by atoms with Crippen molar-refractivity contribution in [2.45, 2.75) is 0 Å². The van der Waals surface area contributed by atoms with E-state index in [1.165, 1.54) is 0 Å². The van der Waals surface area contributed by atoms with Crippen LogP contribution in [0.5, 0.6) is 0 Å². The zero-order valence-electron chi connectivity index (χ0n) is 15.3. The summed E-state index contributed by atoms with van der Waals surface area (Å²) in [5.74, 6) is -0.332. The molecule has 0 aliphatic rings. The summed E-state index contributed by atoms with van der Waals surface area (Å²) in [5.41, 5.74) is 9.06. The third-order valence-corrected chi connectivity index (χ3v) is 4.11. The Balaban J connectivity index is 1.52. The average Bonchev–Trinajstić information content (AvgIpc) is 2.73. The van der Waals surface area contributed by atoms with Gasteiger partial charge in [-0.1, -0.05) is 54.6 Å². The Hall–Kier alpha value is -3.86. The third kappa shape index (κ3) is 5.08. The topological polar surface area (TPSA) is 84.2 Å². The second-order valence-electron chi connectivity index (χ2n) is 6.14. The van der Waals surface area contributed by atoms with Crippen LogP contribution >= 0.6 is 0 Å². The third-order valence-electron chi connectivity index (χ3n) is 4.11. The molecule has 4 N–H and O–H groups in total. The smallest absolute Gasteiger partial charge is 0.255 e. The standard InChI is InChI=1S/C23H21N3O2/c24-20-10-4-5-11-21(20)26-23(28)19-14-12-17(13-15-19)7-6-16-25-22(27)18-8-2-1-3-9-18/h1-15H,16,24H2,(H,25,27)(H,26,28). The van der Waals surface area contributed by atoms with Crippen LogP contribution in [0.1, 0.15) is 26.3 Å². The van der Waals surface area contributed by atoms with Gasteiger partial charge in [0.2, 0.25) is 0 Å². The second-order valence-corrected chi connectivity index (χ2v) is 6.14. The lowest BCUT2D eigenvalue weighted by atomic mass is 10.1. The minimum absolute atomic E-state index is 0.113. The van der Waals surface area contributed by atoms with Crippen molar-refractivity contribution in [3.63, 3.8) is 0 Å². The number of hydrogen-bond acceptors (Lipinski definition) is 3. The first-order valence-electron chi connectivity index (χ1n) is 8.89. The molecule has 5 nitrogen and oxygen atoms in total. The summed E-state index contributed by atoms with van der Waals surface area (Å²) in [7, 11) is 0. The van der Waals surface area contributed by atoms with Gasteiger partial charge < -0.3 is 16.4 Å². The molecule has 3 aromatic carbocycles. The Morgan fingerprint density at radius 1 is 0.786 bits per heavy atom. The predicted octanol–water partition coefficient (Wildman–Crippen LogP) is 3.96. The number of nitrogens with two attached hydrogens (primary N) is 1. The van der Waals surface area contributed by atoms with Crippen LogP contribution in [0, 0.1) is 0 Å². The van der Waals surface area contributed by atoms with Crippen LogP contribution in [-0.4, -0.2) is 18.4 Å². The van der Waals surface area contributed by atoms with Gasteiger partial charge in [0.05, 0.1) is 11.4 Å². The number of anilines is 2. The Morgan fingerprint density at radius 3 is 2.14 bits per heavy atom. The molecule has 0 heterocycles. The van der Waals surface area contributed by atoms with Gasteiger partial charge in [0, 0.05) is 17.7 Å². The van der Waals surface area contributed by atoms with Crippen molar-refractivity contribution in [1.29, 1.82) is 0 Å². The molecule has 0 saturated heterocycles. The molecule has 140 valence electrons. The Morgan fingerprint density at radius 2 is 1.43 bits per heavy atom. The monoisotopic (exact) mass is 371 g/mol. The summed E-state index contributed by atoms with van der Waals surface area (Å²) < 4.78 is 0. The lowest BCUT2D eigenvalue weighted by Gasteiger charge is -2.08. The SMILES string of the molecule is Nc1ccccc1NC(=O)c1ccc(C=CCNC(=O)c2ccccc2)cc1. The molecule has 0 atom stereocenters. The lowest BCUT2D eigenvalue weighted by molar-refractivity contribution is 0.0957. The Labute approximate surface area is 163 Å². The van der Waals surface area contributed by atoms with Crippen LogP contribution < -0.4 is 16.4 Å². The van der Waals surface area contributed by atoms with E-state index in [4.69, 9.17) is 5.73 Å². The zero-order chi connectivity index (χ0) is 19.8. The molecule has 3 aromatic rings. The normalized spacial score (nSPS) is 10.6. The summed E-state index contributed by atoms with van der Waals surface area (Å²) in [6.45, 7) is 0.420. The molecule has 0 aromatic heterocycles. The molecular weight excluding hydrogens is 350 g/mol. The van der Waals surface area contributed by atoms with Crippen molar-refractivity contribution >= 4 is 29.3 Å². The fraction of sp³-hybridized carbons (Fsp3) is 0.0435. The number of benzene rings is 3. The van der Waals surface area contributed by atoms with E-state index in [-0.39, 0.29) is 11.8 Å². The minimum Gasteiger partial charge on any atom is -0.397 e. The van der Waals surface area contributed by atoms with Gasteiger partial charge >= 0.3 is 0 Å². The number of para-hydroxylation sites is 2. The molecule has 28 heavy (non-hydrogen) atoms. The summed E-state index contributed by atoms with van der Waals surface area (Å²) in [6, 6.07) is 23.4. The quantitative estimate of drug-likeness (QED) is 0.573. The van der Waals surface area contributed by atoms with Crippen LogP contribution in [0.4, 0.5) is 11.4 Å². The van der Waals surface area contributed by atoms with Crippen molar-refractivity contribution in [1.82, 2.24) is 5.32 Å². The molecule has 0 radical (unpaired) electrons. The molecule has 3 rings (SSSR count). The van der Waals surface area contributed by atoms with Gasteiger partial charge in [-0.15, -0.1) is 0 Å². The highest BCUT2D eigenvalue weighted by atomic mass is 16.2. The summed E-state index contributed by atoms with van der Waals surface area (Å²) in [4.78, 5) is 24.3. The van der Waals surface area contributed by atoms with Crippen LogP contribution in [0.2, 0.25) is 0 Å².